The van der Waals surface area contributed by atoms with Gasteiger partial charge in [-0.1, -0.05) is 55.8 Å². The number of rotatable bonds is 7. The molecule has 0 saturated heterocycles. The van der Waals surface area contributed by atoms with Crippen LogP contribution in [0.5, 0.6) is 0 Å². The van der Waals surface area contributed by atoms with Crippen LogP contribution in [-0.2, 0) is 19.3 Å². The molecule has 0 aromatic heterocycles. The number of halogens is 4. The molecule has 4 rings (SSSR count). The molecule has 0 amide bonds. The van der Waals surface area contributed by atoms with E-state index in [-0.39, 0.29) is 11.6 Å². The second kappa shape index (κ2) is 9.56. The Hall–Kier alpha value is -3.14. The minimum atomic E-state index is -0.903. The van der Waals surface area contributed by atoms with Crippen LogP contribution in [0.25, 0.3) is 21.9 Å². The summed E-state index contributed by atoms with van der Waals surface area (Å²) in [5.74, 6) is -2.42. The zero-order valence-electron chi connectivity index (χ0n) is 17.9. The van der Waals surface area contributed by atoms with Crippen LogP contribution in [-0.4, -0.2) is 0 Å². The lowest BCUT2D eigenvalue weighted by Gasteiger charge is -2.10. The summed E-state index contributed by atoms with van der Waals surface area (Å²) in [6, 6.07) is 17.8. The largest absolute Gasteiger partial charge is 0.206 e. The number of aryl methyl sites for hydroxylation is 3. The maximum absolute atomic E-state index is 15.1. The molecule has 0 aliphatic rings. The van der Waals surface area contributed by atoms with Crippen LogP contribution in [0, 0.1) is 23.3 Å². The normalized spacial score (nSPS) is 11.3. The molecular weight excluding hydrogens is 412 g/mol. The standard InChI is InChI=1S/C28H24F4/c1-2-3-4-18-6-12-23(26(30)15-18)21-11-13-24-22(17-21)10-9-20(28(24)32)8-5-19-7-14-25(29)27(31)16-19/h6-7,9-17H,2-5,8H2,1H3. The lowest BCUT2D eigenvalue weighted by atomic mass is 9.96. The summed E-state index contributed by atoms with van der Waals surface area (Å²) in [6.07, 6.45) is 3.69. The van der Waals surface area contributed by atoms with Crippen molar-refractivity contribution in [3.05, 3.63) is 107 Å². The third kappa shape index (κ3) is 4.69. The van der Waals surface area contributed by atoms with Gasteiger partial charge in [-0.25, -0.2) is 17.6 Å². The highest BCUT2D eigenvalue weighted by Crippen LogP contribution is 2.30. The third-order valence-corrected chi connectivity index (χ3v) is 5.86. The molecule has 0 N–H and O–H groups in total. The Morgan fingerprint density at radius 2 is 1.38 bits per heavy atom. The summed E-state index contributed by atoms with van der Waals surface area (Å²) < 4.78 is 56.3. The Kier molecular flexibility index (Phi) is 6.59. The average molecular weight is 436 g/mol. The molecule has 0 radical (unpaired) electrons. The van der Waals surface area contributed by atoms with Crippen molar-refractivity contribution in [2.24, 2.45) is 0 Å². The fourth-order valence-corrected chi connectivity index (χ4v) is 4.00. The summed E-state index contributed by atoms with van der Waals surface area (Å²) in [5, 5.41) is 1.14. The molecule has 4 aromatic rings. The fraction of sp³-hybridized carbons (Fsp3) is 0.214. The molecule has 32 heavy (non-hydrogen) atoms. The molecule has 0 spiro atoms. The van der Waals surface area contributed by atoms with Crippen LogP contribution >= 0.6 is 0 Å². The van der Waals surface area contributed by atoms with Crippen LogP contribution in [0.4, 0.5) is 17.6 Å². The molecule has 164 valence electrons. The number of benzene rings is 4. The summed E-state index contributed by atoms with van der Waals surface area (Å²) in [6.45, 7) is 2.10. The Morgan fingerprint density at radius 1 is 0.625 bits per heavy atom. The van der Waals surface area contributed by atoms with Gasteiger partial charge >= 0.3 is 0 Å². The van der Waals surface area contributed by atoms with Gasteiger partial charge in [-0.15, -0.1) is 0 Å². The summed E-state index contributed by atoms with van der Waals surface area (Å²) in [7, 11) is 0. The van der Waals surface area contributed by atoms with Crippen LogP contribution in [0.1, 0.15) is 36.5 Å². The lowest BCUT2D eigenvalue weighted by Crippen LogP contribution is -1.97. The predicted octanol–water partition coefficient (Wildman–Crippen LogP) is 8.19. The number of unbranched alkanes of at least 4 members (excludes halogenated alkanes) is 1. The SMILES string of the molecule is CCCCc1ccc(-c2ccc3c(F)c(CCc4ccc(F)c(F)c4)ccc3c2)c(F)c1. The molecule has 0 nitrogen and oxygen atoms in total. The second-order valence-corrected chi connectivity index (χ2v) is 8.14. The molecule has 0 saturated carbocycles. The van der Waals surface area contributed by atoms with Crippen molar-refractivity contribution in [1.82, 2.24) is 0 Å². The van der Waals surface area contributed by atoms with Gasteiger partial charge in [0.15, 0.2) is 11.6 Å². The maximum Gasteiger partial charge on any atom is 0.159 e. The highest BCUT2D eigenvalue weighted by atomic mass is 19.2. The Balaban J connectivity index is 1.57. The van der Waals surface area contributed by atoms with Gasteiger partial charge in [0.25, 0.3) is 0 Å². The van der Waals surface area contributed by atoms with Gasteiger partial charge in [0.1, 0.15) is 11.6 Å². The quantitative estimate of drug-likeness (QED) is 0.256. The zero-order valence-corrected chi connectivity index (χ0v) is 17.9. The average Bonchev–Trinajstić information content (AvgIpc) is 2.79. The van der Waals surface area contributed by atoms with E-state index in [9.17, 15) is 13.2 Å². The van der Waals surface area contributed by atoms with Crippen LogP contribution in [0.3, 0.4) is 0 Å². The molecule has 0 aliphatic heterocycles. The van der Waals surface area contributed by atoms with E-state index in [1.807, 2.05) is 12.1 Å². The van der Waals surface area contributed by atoms with Crippen molar-refractivity contribution in [1.29, 1.82) is 0 Å². The van der Waals surface area contributed by atoms with Crippen LogP contribution in [0.15, 0.2) is 66.7 Å². The van der Waals surface area contributed by atoms with E-state index in [0.29, 0.717) is 45.9 Å². The van der Waals surface area contributed by atoms with E-state index in [1.54, 1.807) is 36.4 Å². The lowest BCUT2D eigenvalue weighted by molar-refractivity contribution is 0.507. The van der Waals surface area contributed by atoms with E-state index in [4.69, 9.17) is 0 Å². The van der Waals surface area contributed by atoms with Crippen molar-refractivity contribution < 1.29 is 17.6 Å². The number of hydrogen-bond donors (Lipinski definition) is 0. The van der Waals surface area contributed by atoms with Gasteiger partial charge in [0.2, 0.25) is 0 Å². The molecule has 0 atom stereocenters. The third-order valence-electron chi connectivity index (χ3n) is 5.86. The number of hydrogen-bond acceptors (Lipinski definition) is 0. The van der Waals surface area contributed by atoms with E-state index >= 15 is 4.39 Å². The van der Waals surface area contributed by atoms with Crippen molar-refractivity contribution >= 4 is 10.8 Å². The first-order chi connectivity index (χ1) is 15.5. The first-order valence-electron chi connectivity index (χ1n) is 10.9. The molecule has 4 aromatic carbocycles. The molecular formula is C28H24F4. The van der Waals surface area contributed by atoms with E-state index in [0.717, 1.165) is 37.0 Å². The van der Waals surface area contributed by atoms with Gasteiger partial charge in [0.05, 0.1) is 0 Å². The van der Waals surface area contributed by atoms with Gasteiger partial charge in [-0.2, -0.15) is 0 Å². The Morgan fingerprint density at radius 3 is 2.12 bits per heavy atom. The van der Waals surface area contributed by atoms with Crippen molar-refractivity contribution in [3.63, 3.8) is 0 Å². The Labute approximate surface area is 185 Å². The van der Waals surface area contributed by atoms with E-state index < -0.39 is 11.6 Å². The van der Waals surface area contributed by atoms with Gasteiger partial charge in [-0.05, 0) is 77.6 Å². The van der Waals surface area contributed by atoms with Crippen molar-refractivity contribution in [2.75, 3.05) is 0 Å². The maximum atomic E-state index is 15.1. The topological polar surface area (TPSA) is 0 Å². The molecule has 0 bridgehead atoms. The van der Waals surface area contributed by atoms with Crippen molar-refractivity contribution in [3.8, 4) is 11.1 Å². The van der Waals surface area contributed by atoms with E-state index in [2.05, 4.69) is 6.92 Å². The van der Waals surface area contributed by atoms with Crippen LogP contribution < -0.4 is 0 Å². The van der Waals surface area contributed by atoms with E-state index in [1.165, 1.54) is 6.07 Å². The summed E-state index contributed by atoms with van der Waals surface area (Å²) in [4.78, 5) is 0. The zero-order chi connectivity index (χ0) is 22.7. The minimum Gasteiger partial charge on any atom is -0.206 e. The summed E-state index contributed by atoms with van der Waals surface area (Å²) >= 11 is 0. The smallest absolute Gasteiger partial charge is 0.159 e. The van der Waals surface area contributed by atoms with Crippen LogP contribution in [0.2, 0.25) is 0 Å². The molecule has 4 heteroatoms. The molecule has 0 heterocycles. The second-order valence-electron chi connectivity index (χ2n) is 8.14. The molecule has 0 aliphatic carbocycles. The summed E-state index contributed by atoms with van der Waals surface area (Å²) in [5.41, 5.74) is 3.28. The minimum absolute atomic E-state index is 0.276. The fourth-order valence-electron chi connectivity index (χ4n) is 4.00. The van der Waals surface area contributed by atoms with Gasteiger partial charge in [-0.3, -0.25) is 0 Å². The highest BCUT2D eigenvalue weighted by molar-refractivity contribution is 5.88. The van der Waals surface area contributed by atoms with Crippen molar-refractivity contribution in [2.45, 2.75) is 39.0 Å². The Bertz CT molecular complexity index is 1260. The highest BCUT2D eigenvalue weighted by Gasteiger charge is 2.12. The monoisotopic (exact) mass is 436 g/mol. The number of fused-ring (bicyclic) bond motifs is 1. The first kappa shape index (κ1) is 22.1. The van der Waals surface area contributed by atoms with Gasteiger partial charge in [0, 0.05) is 10.9 Å². The predicted molar refractivity (Wildman–Crippen MR) is 122 cm³/mol. The first-order valence-corrected chi connectivity index (χ1v) is 10.9. The molecule has 0 unspecified atom stereocenters. The van der Waals surface area contributed by atoms with Gasteiger partial charge < -0.3 is 0 Å². The molecule has 0 fully saturated rings.